The van der Waals surface area contributed by atoms with E-state index in [1.165, 1.54) is 0 Å². The summed E-state index contributed by atoms with van der Waals surface area (Å²) in [6.45, 7) is 2.93. The third-order valence-electron chi connectivity index (χ3n) is 3.90. The Kier molecular flexibility index (Phi) is 5.95. The normalized spacial score (nSPS) is 22.3. The largest absolute Gasteiger partial charge is 0.314 e. The minimum absolute atomic E-state index is 0.266. The van der Waals surface area contributed by atoms with Crippen molar-refractivity contribution in [1.82, 2.24) is 5.32 Å². The molecule has 0 aliphatic carbocycles. The van der Waals surface area contributed by atoms with Crippen molar-refractivity contribution in [2.24, 2.45) is 5.92 Å². The van der Waals surface area contributed by atoms with Gasteiger partial charge in [-0.15, -0.1) is 0 Å². The molecule has 2 rings (SSSR count). The van der Waals surface area contributed by atoms with Gasteiger partial charge < -0.3 is 5.32 Å². The highest BCUT2D eigenvalue weighted by atomic mass is 35.5. The fourth-order valence-electron chi connectivity index (χ4n) is 2.94. The van der Waals surface area contributed by atoms with Crippen LogP contribution in [0.25, 0.3) is 0 Å². The van der Waals surface area contributed by atoms with E-state index >= 15 is 0 Å². The second-order valence-electron chi connectivity index (χ2n) is 5.71. The van der Waals surface area contributed by atoms with E-state index in [0.29, 0.717) is 21.6 Å². The van der Waals surface area contributed by atoms with E-state index < -0.39 is 9.84 Å². The Morgan fingerprint density at radius 1 is 1.33 bits per heavy atom. The van der Waals surface area contributed by atoms with Gasteiger partial charge in [-0.2, -0.15) is 0 Å². The molecule has 1 aliphatic heterocycles. The van der Waals surface area contributed by atoms with Crippen LogP contribution >= 0.6 is 23.2 Å². The fourth-order valence-corrected chi connectivity index (χ4v) is 5.14. The lowest BCUT2D eigenvalue weighted by Gasteiger charge is -2.21. The summed E-state index contributed by atoms with van der Waals surface area (Å²) in [5, 5.41) is 4.57. The van der Waals surface area contributed by atoms with Crippen molar-refractivity contribution in [3.63, 3.8) is 0 Å². The molecule has 6 heteroatoms. The number of benzene rings is 1. The van der Waals surface area contributed by atoms with Gasteiger partial charge in [0.05, 0.1) is 21.6 Å². The van der Waals surface area contributed by atoms with Gasteiger partial charge in [-0.3, -0.25) is 0 Å². The molecule has 2 unspecified atom stereocenters. The van der Waals surface area contributed by atoms with Crippen LogP contribution in [0.3, 0.4) is 0 Å². The molecule has 1 heterocycles. The van der Waals surface area contributed by atoms with Crippen molar-refractivity contribution in [2.45, 2.75) is 32.2 Å². The zero-order valence-corrected chi connectivity index (χ0v) is 14.4. The first kappa shape index (κ1) is 17.1. The average molecular weight is 350 g/mol. The molecule has 0 bridgehead atoms. The Bertz CT molecular complexity index is 589. The Morgan fingerprint density at radius 3 is 2.67 bits per heavy atom. The molecule has 1 saturated heterocycles. The van der Waals surface area contributed by atoms with Crippen LogP contribution in [-0.2, 0) is 16.3 Å². The molecule has 0 saturated carbocycles. The highest BCUT2D eigenvalue weighted by Gasteiger charge is 2.29. The van der Waals surface area contributed by atoms with Gasteiger partial charge in [-0.05, 0) is 49.4 Å². The molecule has 1 aromatic rings. The third-order valence-corrected chi connectivity index (χ3v) is 6.48. The number of hydrogen-bond acceptors (Lipinski definition) is 3. The van der Waals surface area contributed by atoms with Crippen molar-refractivity contribution in [3.05, 3.63) is 33.8 Å². The van der Waals surface area contributed by atoms with Crippen LogP contribution in [0.4, 0.5) is 0 Å². The van der Waals surface area contributed by atoms with Gasteiger partial charge in [0.25, 0.3) is 0 Å². The molecular weight excluding hydrogens is 329 g/mol. The summed E-state index contributed by atoms with van der Waals surface area (Å²) in [7, 11) is -2.81. The van der Waals surface area contributed by atoms with Crippen molar-refractivity contribution >= 4 is 33.0 Å². The summed E-state index contributed by atoms with van der Waals surface area (Å²) >= 11 is 12.0. The number of halogens is 2. The highest BCUT2D eigenvalue weighted by molar-refractivity contribution is 7.91. The molecule has 3 nitrogen and oxygen atoms in total. The average Bonchev–Trinajstić information content (AvgIpc) is 2.73. The van der Waals surface area contributed by atoms with E-state index in [-0.39, 0.29) is 12.0 Å². The van der Waals surface area contributed by atoms with Gasteiger partial charge >= 0.3 is 0 Å². The quantitative estimate of drug-likeness (QED) is 0.856. The summed E-state index contributed by atoms with van der Waals surface area (Å²) < 4.78 is 23.1. The summed E-state index contributed by atoms with van der Waals surface area (Å²) in [4.78, 5) is 0. The minimum atomic E-state index is -2.81. The zero-order valence-electron chi connectivity index (χ0n) is 12.1. The predicted molar refractivity (Wildman–Crippen MR) is 89.0 cm³/mol. The fraction of sp³-hybridized carbons (Fsp3) is 0.600. The van der Waals surface area contributed by atoms with E-state index in [4.69, 9.17) is 23.2 Å². The molecule has 1 fully saturated rings. The van der Waals surface area contributed by atoms with Crippen LogP contribution < -0.4 is 5.32 Å². The molecule has 118 valence electrons. The van der Waals surface area contributed by atoms with Crippen molar-refractivity contribution in [2.75, 3.05) is 18.1 Å². The van der Waals surface area contributed by atoms with Crippen LogP contribution in [0, 0.1) is 5.92 Å². The first-order chi connectivity index (χ1) is 9.89. The molecule has 1 N–H and O–H groups in total. The number of rotatable bonds is 6. The van der Waals surface area contributed by atoms with Crippen LogP contribution in [0.1, 0.15) is 25.3 Å². The lowest BCUT2D eigenvalue weighted by Crippen LogP contribution is -2.33. The first-order valence-corrected chi connectivity index (χ1v) is 9.85. The topological polar surface area (TPSA) is 46.2 Å². The van der Waals surface area contributed by atoms with E-state index in [9.17, 15) is 8.42 Å². The van der Waals surface area contributed by atoms with Crippen molar-refractivity contribution < 1.29 is 8.42 Å². The zero-order chi connectivity index (χ0) is 15.5. The summed E-state index contributed by atoms with van der Waals surface area (Å²) in [5.74, 6) is 0.932. The van der Waals surface area contributed by atoms with Gasteiger partial charge in [0, 0.05) is 6.04 Å². The predicted octanol–water partition coefficient (Wildman–Crippen LogP) is 3.34. The van der Waals surface area contributed by atoms with Crippen molar-refractivity contribution in [1.29, 1.82) is 0 Å². The molecular formula is C15H21Cl2NO2S. The molecule has 0 amide bonds. The van der Waals surface area contributed by atoms with Gasteiger partial charge in [0.1, 0.15) is 0 Å². The molecule has 1 aromatic carbocycles. The summed E-state index contributed by atoms with van der Waals surface area (Å²) in [6, 6.07) is 5.94. The summed E-state index contributed by atoms with van der Waals surface area (Å²) in [6.07, 6.45) is 2.50. The number of likely N-dealkylation sites (N-methyl/N-ethyl adjacent to an activating group) is 1. The number of sulfone groups is 1. The van der Waals surface area contributed by atoms with E-state index in [1.54, 1.807) is 0 Å². The SMILES string of the molecule is CCNC(Cc1ccc(Cl)c(Cl)c1)CC1CCS(=O)(=O)C1. The minimum Gasteiger partial charge on any atom is -0.314 e. The lowest BCUT2D eigenvalue weighted by molar-refractivity contribution is 0.409. The summed E-state index contributed by atoms with van der Waals surface area (Å²) in [5.41, 5.74) is 1.12. The Labute approximate surface area is 136 Å². The third kappa shape index (κ3) is 5.13. The van der Waals surface area contributed by atoms with E-state index in [1.807, 2.05) is 18.2 Å². The van der Waals surface area contributed by atoms with Gasteiger partial charge in [0.2, 0.25) is 0 Å². The van der Waals surface area contributed by atoms with Gasteiger partial charge in [-0.1, -0.05) is 36.2 Å². The maximum absolute atomic E-state index is 11.6. The standard InChI is InChI=1S/C15H21Cl2NO2S/c1-2-18-13(8-12-5-6-21(19,20)10-12)7-11-3-4-14(16)15(17)9-11/h3-4,9,12-13,18H,2,5-8,10H2,1H3. The molecule has 0 radical (unpaired) electrons. The number of nitrogens with one attached hydrogen (secondary N) is 1. The second kappa shape index (κ2) is 7.32. The maximum atomic E-state index is 11.6. The highest BCUT2D eigenvalue weighted by Crippen LogP contribution is 2.26. The van der Waals surface area contributed by atoms with E-state index in [2.05, 4.69) is 12.2 Å². The maximum Gasteiger partial charge on any atom is 0.150 e. The number of hydrogen-bond donors (Lipinski definition) is 1. The lowest BCUT2D eigenvalue weighted by atomic mass is 9.94. The molecule has 21 heavy (non-hydrogen) atoms. The van der Waals surface area contributed by atoms with Crippen LogP contribution in [-0.4, -0.2) is 32.5 Å². The second-order valence-corrected chi connectivity index (χ2v) is 8.76. The van der Waals surface area contributed by atoms with Crippen LogP contribution in [0.5, 0.6) is 0 Å². The Morgan fingerprint density at radius 2 is 2.10 bits per heavy atom. The van der Waals surface area contributed by atoms with E-state index in [0.717, 1.165) is 31.4 Å². The molecule has 0 aromatic heterocycles. The molecule has 2 atom stereocenters. The van der Waals surface area contributed by atoms with Crippen molar-refractivity contribution in [3.8, 4) is 0 Å². The smallest absolute Gasteiger partial charge is 0.150 e. The first-order valence-electron chi connectivity index (χ1n) is 7.27. The monoisotopic (exact) mass is 349 g/mol. The van der Waals surface area contributed by atoms with Crippen LogP contribution in [0.15, 0.2) is 18.2 Å². The van der Waals surface area contributed by atoms with Crippen LogP contribution in [0.2, 0.25) is 10.0 Å². The van der Waals surface area contributed by atoms with Gasteiger partial charge in [0.15, 0.2) is 9.84 Å². The van der Waals surface area contributed by atoms with Gasteiger partial charge in [-0.25, -0.2) is 8.42 Å². The molecule has 0 spiro atoms. The Hall–Kier alpha value is -0.290. The Balaban J connectivity index is 2.00. The molecule has 1 aliphatic rings.